The summed E-state index contributed by atoms with van der Waals surface area (Å²) in [5, 5.41) is 1.71. The molecule has 0 N–H and O–H groups in total. The number of carbonyl (C=O) groups excluding carboxylic acids is 2. The number of rotatable bonds is 7. The molecular weight excluding hydrogens is 448 g/mol. The SMILES string of the molecule is CCN(C)CCN1C(=O)[C@H](OC(C)=O)[C@H](c2ccc(OC)cc2)Sc2cccc3cccc1c23. The summed E-state index contributed by atoms with van der Waals surface area (Å²) in [6.07, 6.45) is -0.966. The Kier molecular flexibility index (Phi) is 7.44. The van der Waals surface area contributed by atoms with Crippen LogP contribution in [0.1, 0.15) is 24.7 Å². The Morgan fingerprint density at radius 3 is 2.44 bits per heavy atom. The summed E-state index contributed by atoms with van der Waals surface area (Å²) in [6, 6.07) is 19.8. The highest BCUT2D eigenvalue weighted by atomic mass is 32.2. The van der Waals surface area contributed by atoms with Crippen LogP contribution in [0.5, 0.6) is 5.75 Å². The number of hydrogen-bond acceptors (Lipinski definition) is 6. The summed E-state index contributed by atoms with van der Waals surface area (Å²) in [5.41, 5.74) is 1.74. The summed E-state index contributed by atoms with van der Waals surface area (Å²) in [7, 11) is 3.65. The fourth-order valence-electron chi connectivity index (χ4n) is 4.20. The van der Waals surface area contributed by atoms with Gasteiger partial charge in [0.1, 0.15) is 5.75 Å². The summed E-state index contributed by atoms with van der Waals surface area (Å²) in [6.45, 7) is 5.51. The lowest BCUT2D eigenvalue weighted by molar-refractivity contribution is -0.152. The molecule has 0 saturated carbocycles. The minimum atomic E-state index is -0.966. The molecule has 0 bridgehead atoms. The molecule has 1 heterocycles. The third-order valence-corrected chi connectivity index (χ3v) is 7.52. The number of thioether (sulfide) groups is 1. The Bertz CT molecular complexity index is 1180. The first-order valence-corrected chi connectivity index (χ1v) is 12.3. The van der Waals surface area contributed by atoms with Crippen molar-refractivity contribution in [1.82, 2.24) is 4.90 Å². The van der Waals surface area contributed by atoms with Gasteiger partial charge in [-0.25, -0.2) is 0 Å². The monoisotopic (exact) mass is 478 g/mol. The van der Waals surface area contributed by atoms with Crippen LogP contribution < -0.4 is 9.64 Å². The standard InChI is InChI=1S/C27H30N2O4S/c1-5-28(3)16-17-29-22-10-6-8-19-9-7-11-23(24(19)22)34-26(25(27(29)31)33-18(2)30)20-12-14-21(32-4)15-13-20/h6-15,25-26H,5,16-17H2,1-4H3/t25-,26+/m1/s1. The van der Waals surface area contributed by atoms with Crippen LogP contribution in [0, 0.1) is 0 Å². The molecule has 1 aliphatic heterocycles. The van der Waals surface area contributed by atoms with Gasteiger partial charge in [-0.3, -0.25) is 9.59 Å². The topological polar surface area (TPSA) is 59.1 Å². The lowest BCUT2D eigenvalue weighted by atomic mass is 10.0. The van der Waals surface area contributed by atoms with Gasteiger partial charge in [0.05, 0.1) is 18.0 Å². The van der Waals surface area contributed by atoms with Crippen molar-refractivity contribution < 1.29 is 19.1 Å². The van der Waals surface area contributed by atoms with E-state index in [1.54, 1.807) is 23.8 Å². The number of amides is 1. The van der Waals surface area contributed by atoms with E-state index in [-0.39, 0.29) is 5.91 Å². The first-order chi connectivity index (χ1) is 16.4. The molecule has 0 aliphatic carbocycles. The van der Waals surface area contributed by atoms with Gasteiger partial charge in [-0.2, -0.15) is 0 Å². The summed E-state index contributed by atoms with van der Waals surface area (Å²) < 4.78 is 11.1. The quantitative estimate of drug-likeness (QED) is 0.450. The number of methoxy groups -OCH3 is 1. The maximum atomic E-state index is 14.1. The molecule has 178 valence electrons. The smallest absolute Gasteiger partial charge is 0.303 e. The van der Waals surface area contributed by atoms with Gasteiger partial charge in [-0.15, -0.1) is 11.8 Å². The first-order valence-electron chi connectivity index (χ1n) is 11.4. The number of nitrogens with zero attached hydrogens (tertiary/aromatic N) is 2. The third-order valence-electron chi connectivity index (χ3n) is 6.16. The van der Waals surface area contributed by atoms with E-state index < -0.39 is 17.3 Å². The Balaban J connectivity index is 1.89. The van der Waals surface area contributed by atoms with E-state index in [2.05, 4.69) is 30.0 Å². The molecule has 34 heavy (non-hydrogen) atoms. The third kappa shape index (κ3) is 4.91. The van der Waals surface area contributed by atoms with E-state index in [4.69, 9.17) is 9.47 Å². The lowest BCUT2D eigenvalue weighted by Crippen LogP contribution is -2.47. The number of ether oxygens (including phenoxy) is 2. The minimum Gasteiger partial charge on any atom is -0.497 e. The molecule has 7 heteroatoms. The van der Waals surface area contributed by atoms with E-state index in [0.717, 1.165) is 39.2 Å². The Morgan fingerprint density at radius 2 is 1.79 bits per heavy atom. The van der Waals surface area contributed by atoms with Gasteiger partial charge in [0.15, 0.2) is 6.10 Å². The molecule has 0 saturated heterocycles. The zero-order chi connectivity index (χ0) is 24.2. The van der Waals surface area contributed by atoms with Crippen LogP contribution in [0.4, 0.5) is 5.69 Å². The predicted molar refractivity (Wildman–Crippen MR) is 137 cm³/mol. The first kappa shape index (κ1) is 24.1. The maximum Gasteiger partial charge on any atom is 0.303 e. The normalized spacial score (nSPS) is 18.0. The number of likely N-dealkylation sites (N-methyl/N-ethyl adjacent to an activating group) is 1. The average molecular weight is 479 g/mol. The van der Waals surface area contributed by atoms with Gasteiger partial charge in [0.2, 0.25) is 0 Å². The number of carbonyl (C=O) groups is 2. The fraction of sp³-hybridized carbons (Fsp3) is 0.333. The van der Waals surface area contributed by atoms with Crippen molar-refractivity contribution in [2.75, 3.05) is 38.7 Å². The molecule has 0 spiro atoms. The van der Waals surface area contributed by atoms with E-state index in [0.29, 0.717) is 13.1 Å². The van der Waals surface area contributed by atoms with E-state index in [1.807, 2.05) is 49.5 Å². The highest BCUT2D eigenvalue weighted by molar-refractivity contribution is 7.99. The van der Waals surface area contributed by atoms with Gasteiger partial charge in [0.25, 0.3) is 5.91 Å². The molecule has 0 aromatic heterocycles. The number of hydrogen-bond donors (Lipinski definition) is 0. The van der Waals surface area contributed by atoms with Crippen LogP contribution in [0.15, 0.2) is 65.6 Å². The fourth-order valence-corrected chi connectivity index (χ4v) is 5.56. The van der Waals surface area contributed by atoms with E-state index >= 15 is 0 Å². The molecule has 1 amide bonds. The summed E-state index contributed by atoms with van der Waals surface area (Å²) in [4.78, 5) is 31.2. The van der Waals surface area contributed by atoms with Crippen molar-refractivity contribution in [3.05, 3.63) is 66.2 Å². The number of anilines is 1. The van der Waals surface area contributed by atoms with Crippen molar-refractivity contribution in [3.8, 4) is 5.75 Å². The Hall–Kier alpha value is -3.03. The van der Waals surface area contributed by atoms with E-state index in [1.165, 1.54) is 6.92 Å². The second-order valence-electron chi connectivity index (χ2n) is 8.36. The maximum absolute atomic E-state index is 14.1. The van der Waals surface area contributed by atoms with Gasteiger partial charge in [0, 0.05) is 30.3 Å². The molecule has 3 aromatic carbocycles. The Labute approximate surface area is 204 Å². The largest absolute Gasteiger partial charge is 0.497 e. The molecule has 0 unspecified atom stereocenters. The number of benzene rings is 3. The number of esters is 1. The van der Waals surface area contributed by atoms with Crippen LogP contribution in [0.25, 0.3) is 10.8 Å². The molecule has 3 aromatic rings. The van der Waals surface area contributed by atoms with Gasteiger partial charge >= 0.3 is 5.97 Å². The Morgan fingerprint density at radius 1 is 1.09 bits per heavy atom. The van der Waals surface area contributed by atoms with Crippen molar-refractivity contribution in [2.45, 2.75) is 30.1 Å². The molecule has 0 fully saturated rings. The second kappa shape index (κ2) is 10.5. The van der Waals surface area contributed by atoms with Crippen molar-refractivity contribution >= 4 is 40.1 Å². The van der Waals surface area contributed by atoms with Gasteiger partial charge in [-0.05, 0) is 48.8 Å². The molecule has 0 radical (unpaired) electrons. The average Bonchev–Trinajstić information content (AvgIpc) is 2.85. The van der Waals surface area contributed by atoms with Crippen molar-refractivity contribution in [1.29, 1.82) is 0 Å². The van der Waals surface area contributed by atoms with Gasteiger partial charge in [-0.1, -0.05) is 43.3 Å². The van der Waals surface area contributed by atoms with Gasteiger partial charge < -0.3 is 19.3 Å². The molecule has 1 aliphatic rings. The minimum absolute atomic E-state index is 0.213. The predicted octanol–water partition coefficient (Wildman–Crippen LogP) is 4.91. The van der Waals surface area contributed by atoms with Crippen LogP contribution in [0.2, 0.25) is 0 Å². The molecular formula is C27H30N2O4S. The van der Waals surface area contributed by atoms with Crippen molar-refractivity contribution in [3.63, 3.8) is 0 Å². The van der Waals surface area contributed by atoms with Crippen LogP contribution in [0.3, 0.4) is 0 Å². The van der Waals surface area contributed by atoms with Crippen LogP contribution in [-0.4, -0.2) is 56.7 Å². The molecule has 4 rings (SSSR count). The van der Waals surface area contributed by atoms with Crippen LogP contribution in [-0.2, 0) is 14.3 Å². The lowest BCUT2D eigenvalue weighted by Gasteiger charge is -2.35. The van der Waals surface area contributed by atoms with Crippen molar-refractivity contribution in [2.24, 2.45) is 0 Å². The molecule has 6 nitrogen and oxygen atoms in total. The van der Waals surface area contributed by atoms with E-state index in [9.17, 15) is 9.59 Å². The highest BCUT2D eigenvalue weighted by Crippen LogP contribution is 2.47. The zero-order valence-corrected chi connectivity index (χ0v) is 20.8. The zero-order valence-electron chi connectivity index (χ0n) is 20.0. The summed E-state index contributed by atoms with van der Waals surface area (Å²) in [5.74, 6) is 0.0387. The van der Waals surface area contributed by atoms with Crippen LogP contribution >= 0.6 is 11.8 Å². The highest BCUT2D eigenvalue weighted by Gasteiger charge is 2.39. The summed E-state index contributed by atoms with van der Waals surface area (Å²) >= 11 is 1.56. The molecule has 2 atom stereocenters. The second-order valence-corrected chi connectivity index (χ2v) is 9.54.